The molecule has 1 unspecified atom stereocenters. The van der Waals surface area contributed by atoms with Crippen LogP contribution in [-0.2, 0) is 13.0 Å². The molecule has 0 radical (unpaired) electrons. The highest BCUT2D eigenvalue weighted by atomic mass is 79.9. The SMILES string of the molecule is O=C(c1cc(Br)ccc1Cl)N1CCCC(c2nnc3n2CCCCC3)C1. The number of likely N-dealkylation sites (tertiary alicyclic amines) is 1. The van der Waals surface area contributed by atoms with Gasteiger partial charge in [-0.3, -0.25) is 4.79 Å². The molecule has 0 saturated carbocycles. The van der Waals surface area contributed by atoms with Crippen LogP contribution in [0.1, 0.15) is 60.0 Å². The molecule has 5 nitrogen and oxygen atoms in total. The highest BCUT2D eigenvalue weighted by Gasteiger charge is 2.30. The average Bonchev–Trinajstić information content (AvgIpc) is 2.91. The Kier molecular flexibility index (Phi) is 5.32. The zero-order valence-corrected chi connectivity index (χ0v) is 17.0. The Balaban J connectivity index is 1.56. The van der Waals surface area contributed by atoms with E-state index in [9.17, 15) is 4.79 Å². The molecule has 2 aliphatic rings. The molecule has 1 atom stereocenters. The van der Waals surface area contributed by atoms with Crippen molar-refractivity contribution in [3.05, 3.63) is 44.9 Å². The number of carbonyl (C=O) groups is 1. The normalized spacial score (nSPS) is 20.5. The fourth-order valence-corrected chi connectivity index (χ4v) is 4.57. The van der Waals surface area contributed by atoms with Crippen molar-refractivity contribution in [1.82, 2.24) is 19.7 Å². The van der Waals surface area contributed by atoms with Gasteiger partial charge in [-0.1, -0.05) is 34.0 Å². The van der Waals surface area contributed by atoms with Gasteiger partial charge in [-0.25, -0.2) is 0 Å². The Bertz CT molecular complexity index is 822. The minimum Gasteiger partial charge on any atom is -0.338 e. The van der Waals surface area contributed by atoms with Crippen molar-refractivity contribution < 1.29 is 4.79 Å². The van der Waals surface area contributed by atoms with E-state index in [-0.39, 0.29) is 11.8 Å². The molecule has 1 fully saturated rings. The van der Waals surface area contributed by atoms with Gasteiger partial charge in [-0.05, 0) is 43.9 Å². The van der Waals surface area contributed by atoms with E-state index in [0.717, 1.165) is 48.5 Å². The Morgan fingerprint density at radius 2 is 2.04 bits per heavy atom. The third-order valence-electron chi connectivity index (χ3n) is 5.37. The number of aryl methyl sites for hydroxylation is 1. The summed E-state index contributed by atoms with van der Waals surface area (Å²) in [6.45, 7) is 2.44. The van der Waals surface area contributed by atoms with Gasteiger partial charge >= 0.3 is 0 Å². The van der Waals surface area contributed by atoms with Gasteiger partial charge in [-0.15, -0.1) is 10.2 Å². The van der Waals surface area contributed by atoms with E-state index in [1.165, 1.54) is 19.3 Å². The van der Waals surface area contributed by atoms with Gasteiger partial charge in [0.05, 0.1) is 10.6 Å². The molecule has 1 aromatic carbocycles. The number of fused-ring (bicyclic) bond motifs is 1. The third kappa shape index (κ3) is 3.54. The van der Waals surface area contributed by atoms with Crippen molar-refractivity contribution >= 4 is 33.4 Å². The molecule has 0 spiro atoms. The number of hydrogen-bond acceptors (Lipinski definition) is 3. The molecule has 1 aromatic heterocycles. The van der Waals surface area contributed by atoms with E-state index in [0.29, 0.717) is 17.1 Å². The monoisotopic (exact) mass is 436 g/mol. The molecule has 138 valence electrons. The maximum absolute atomic E-state index is 13.0. The Labute approximate surface area is 166 Å². The van der Waals surface area contributed by atoms with Crippen LogP contribution in [0.5, 0.6) is 0 Å². The first-order valence-electron chi connectivity index (χ1n) is 9.30. The van der Waals surface area contributed by atoms with Crippen LogP contribution < -0.4 is 0 Å². The van der Waals surface area contributed by atoms with E-state index in [1.807, 2.05) is 11.0 Å². The van der Waals surface area contributed by atoms with E-state index < -0.39 is 0 Å². The minimum absolute atomic E-state index is 0.00314. The fraction of sp³-hybridized carbons (Fsp3) is 0.526. The summed E-state index contributed by atoms with van der Waals surface area (Å²) in [6, 6.07) is 5.42. The third-order valence-corrected chi connectivity index (χ3v) is 6.19. The van der Waals surface area contributed by atoms with Crippen LogP contribution in [0.3, 0.4) is 0 Å². The molecule has 2 aromatic rings. The molecule has 3 heterocycles. The summed E-state index contributed by atoms with van der Waals surface area (Å²) in [6.07, 6.45) is 6.66. The fourth-order valence-electron chi connectivity index (χ4n) is 4.01. The van der Waals surface area contributed by atoms with Crippen LogP contribution in [0, 0.1) is 0 Å². The Morgan fingerprint density at radius 1 is 1.15 bits per heavy atom. The Morgan fingerprint density at radius 3 is 2.92 bits per heavy atom. The van der Waals surface area contributed by atoms with Crippen molar-refractivity contribution in [2.75, 3.05) is 13.1 Å². The molecular weight excluding hydrogens is 416 g/mol. The summed E-state index contributed by atoms with van der Waals surface area (Å²) < 4.78 is 3.17. The van der Waals surface area contributed by atoms with E-state index in [4.69, 9.17) is 11.6 Å². The molecule has 0 N–H and O–H groups in total. The van der Waals surface area contributed by atoms with Crippen molar-refractivity contribution in [2.24, 2.45) is 0 Å². The van der Waals surface area contributed by atoms with Crippen LogP contribution >= 0.6 is 27.5 Å². The van der Waals surface area contributed by atoms with Crippen LogP contribution in [0.2, 0.25) is 5.02 Å². The number of benzene rings is 1. The summed E-state index contributed by atoms with van der Waals surface area (Å²) in [4.78, 5) is 14.9. The van der Waals surface area contributed by atoms with Gasteiger partial charge in [0.2, 0.25) is 0 Å². The standard InChI is InChI=1S/C19H22BrClN4O/c20-14-7-8-16(21)15(11-14)19(26)24-9-4-5-13(12-24)18-23-22-17-6-2-1-3-10-25(17)18/h7-8,11,13H,1-6,9-10,12H2. The first-order chi connectivity index (χ1) is 12.6. The highest BCUT2D eigenvalue weighted by Crippen LogP contribution is 2.30. The smallest absolute Gasteiger partial charge is 0.255 e. The lowest BCUT2D eigenvalue weighted by Gasteiger charge is -2.32. The zero-order valence-electron chi connectivity index (χ0n) is 14.6. The van der Waals surface area contributed by atoms with Crippen molar-refractivity contribution in [3.8, 4) is 0 Å². The first-order valence-corrected chi connectivity index (χ1v) is 10.5. The number of halogens is 2. The number of aromatic nitrogens is 3. The quantitative estimate of drug-likeness (QED) is 0.698. The molecule has 26 heavy (non-hydrogen) atoms. The maximum atomic E-state index is 13.0. The predicted molar refractivity (Wildman–Crippen MR) is 105 cm³/mol. The number of piperidine rings is 1. The summed E-state index contributed by atoms with van der Waals surface area (Å²) in [7, 11) is 0. The van der Waals surface area contributed by atoms with E-state index in [1.54, 1.807) is 12.1 Å². The molecule has 1 saturated heterocycles. The van der Waals surface area contributed by atoms with Crippen LogP contribution in [-0.4, -0.2) is 38.7 Å². The van der Waals surface area contributed by atoms with Crippen LogP contribution in [0.25, 0.3) is 0 Å². The zero-order chi connectivity index (χ0) is 18.1. The predicted octanol–water partition coefficient (Wildman–Crippen LogP) is 4.44. The van der Waals surface area contributed by atoms with Crippen LogP contribution in [0.15, 0.2) is 22.7 Å². The van der Waals surface area contributed by atoms with E-state index >= 15 is 0 Å². The lowest BCUT2D eigenvalue weighted by Crippen LogP contribution is -2.40. The van der Waals surface area contributed by atoms with Crippen molar-refractivity contribution in [3.63, 3.8) is 0 Å². The molecule has 4 rings (SSSR count). The van der Waals surface area contributed by atoms with E-state index in [2.05, 4.69) is 30.7 Å². The van der Waals surface area contributed by atoms with Crippen molar-refractivity contribution in [1.29, 1.82) is 0 Å². The van der Waals surface area contributed by atoms with Crippen LogP contribution in [0.4, 0.5) is 0 Å². The van der Waals surface area contributed by atoms with Crippen molar-refractivity contribution in [2.45, 2.75) is 51.0 Å². The summed E-state index contributed by atoms with van der Waals surface area (Å²) in [5, 5.41) is 9.43. The molecular formula is C19H22BrClN4O. The molecule has 1 amide bonds. The van der Waals surface area contributed by atoms with Gasteiger partial charge in [0.15, 0.2) is 0 Å². The first kappa shape index (κ1) is 18.0. The number of rotatable bonds is 2. The minimum atomic E-state index is -0.00314. The Hall–Kier alpha value is -1.40. The summed E-state index contributed by atoms with van der Waals surface area (Å²) in [5.74, 6) is 2.41. The van der Waals surface area contributed by atoms with Gasteiger partial charge in [0.1, 0.15) is 11.6 Å². The molecule has 0 bridgehead atoms. The highest BCUT2D eigenvalue weighted by molar-refractivity contribution is 9.10. The lowest BCUT2D eigenvalue weighted by atomic mass is 9.96. The second-order valence-electron chi connectivity index (χ2n) is 7.15. The van der Waals surface area contributed by atoms with Gasteiger partial charge in [0.25, 0.3) is 5.91 Å². The maximum Gasteiger partial charge on any atom is 0.255 e. The lowest BCUT2D eigenvalue weighted by molar-refractivity contribution is 0.0703. The second kappa shape index (κ2) is 7.69. The summed E-state index contributed by atoms with van der Waals surface area (Å²) >= 11 is 9.69. The topological polar surface area (TPSA) is 51.0 Å². The number of amides is 1. The molecule has 7 heteroatoms. The molecule has 0 aliphatic carbocycles. The van der Waals surface area contributed by atoms with Gasteiger partial charge in [0, 0.05) is 36.4 Å². The second-order valence-corrected chi connectivity index (χ2v) is 8.47. The van der Waals surface area contributed by atoms with Gasteiger partial charge < -0.3 is 9.47 Å². The molecule has 2 aliphatic heterocycles. The van der Waals surface area contributed by atoms with Gasteiger partial charge in [-0.2, -0.15) is 0 Å². The average molecular weight is 438 g/mol. The number of carbonyl (C=O) groups excluding carboxylic acids is 1. The largest absolute Gasteiger partial charge is 0.338 e. The summed E-state index contributed by atoms with van der Waals surface area (Å²) in [5.41, 5.74) is 0.557. The number of hydrogen-bond donors (Lipinski definition) is 0. The number of nitrogens with zero attached hydrogens (tertiary/aromatic N) is 4.